The number of ether oxygens (including phenoxy) is 2. The van der Waals surface area contributed by atoms with Crippen LogP contribution >= 0.6 is 0 Å². The highest BCUT2D eigenvalue weighted by Crippen LogP contribution is 2.31. The van der Waals surface area contributed by atoms with Crippen molar-refractivity contribution in [1.82, 2.24) is 5.32 Å². The molecule has 2 aliphatic rings. The number of fused-ring (bicyclic) bond motifs is 1. The second-order valence-electron chi connectivity index (χ2n) is 5.63. The zero-order valence-corrected chi connectivity index (χ0v) is 11.1. The summed E-state index contributed by atoms with van der Waals surface area (Å²) < 4.78 is 16.9. The molecule has 1 fully saturated rings. The molecule has 4 heteroatoms. The van der Waals surface area contributed by atoms with Crippen LogP contribution in [0.2, 0.25) is 0 Å². The van der Waals surface area contributed by atoms with Crippen molar-refractivity contribution in [3.05, 3.63) is 23.7 Å². The number of aryl methyl sites for hydroxylation is 1. The molecule has 0 spiro atoms. The summed E-state index contributed by atoms with van der Waals surface area (Å²) in [7, 11) is 0. The molecule has 1 aromatic rings. The number of hydrogen-bond acceptors (Lipinski definition) is 4. The van der Waals surface area contributed by atoms with E-state index in [-0.39, 0.29) is 6.04 Å². The van der Waals surface area contributed by atoms with Crippen LogP contribution in [0, 0.1) is 0 Å². The molecule has 0 bridgehead atoms. The first-order chi connectivity index (χ1) is 8.64. The van der Waals surface area contributed by atoms with Crippen LogP contribution in [0.5, 0.6) is 0 Å². The molecule has 3 rings (SSSR count). The minimum Gasteiger partial charge on any atom is -0.469 e. The van der Waals surface area contributed by atoms with Gasteiger partial charge in [0.25, 0.3) is 0 Å². The Morgan fingerprint density at radius 2 is 2.06 bits per heavy atom. The summed E-state index contributed by atoms with van der Waals surface area (Å²) in [5.41, 5.74) is 1.31. The van der Waals surface area contributed by atoms with Crippen LogP contribution in [0.25, 0.3) is 0 Å². The molecule has 1 aliphatic carbocycles. The number of furan rings is 1. The van der Waals surface area contributed by atoms with Crippen molar-refractivity contribution >= 4 is 0 Å². The van der Waals surface area contributed by atoms with Gasteiger partial charge in [-0.05, 0) is 32.8 Å². The molecule has 1 unspecified atom stereocenters. The third kappa shape index (κ3) is 2.46. The summed E-state index contributed by atoms with van der Waals surface area (Å²) >= 11 is 0. The topological polar surface area (TPSA) is 43.6 Å². The van der Waals surface area contributed by atoms with Gasteiger partial charge in [-0.3, -0.25) is 0 Å². The molecule has 0 radical (unpaired) electrons. The monoisotopic (exact) mass is 251 g/mol. The number of nitrogens with one attached hydrogen (secondary N) is 1. The van der Waals surface area contributed by atoms with E-state index >= 15 is 0 Å². The largest absolute Gasteiger partial charge is 0.469 e. The van der Waals surface area contributed by atoms with Crippen LogP contribution in [0.4, 0.5) is 0 Å². The Morgan fingerprint density at radius 1 is 1.28 bits per heavy atom. The van der Waals surface area contributed by atoms with Crippen LogP contribution in [0.15, 0.2) is 16.7 Å². The molecule has 2 heterocycles. The van der Waals surface area contributed by atoms with E-state index in [0.717, 1.165) is 18.6 Å². The van der Waals surface area contributed by atoms with Crippen molar-refractivity contribution in [2.45, 2.75) is 51.0 Å². The Balaban J connectivity index is 1.62. The molecule has 1 N–H and O–H groups in total. The molecule has 1 saturated heterocycles. The van der Waals surface area contributed by atoms with Crippen LogP contribution in [0.3, 0.4) is 0 Å². The van der Waals surface area contributed by atoms with Gasteiger partial charge in [0.1, 0.15) is 5.76 Å². The minimum atomic E-state index is -0.439. The first kappa shape index (κ1) is 12.2. The minimum absolute atomic E-state index is 0.267. The molecule has 100 valence electrons. The highest BCUT2D eigenvalue weighted by Gasteiger charge is 2.31. The lowest BCUT2D eigenvalue weighted by atomic mass is 9.93. The molecule has 0 saturated carbocycles. The fourth-order valence-corrected chi connectivity index (χ4v) is 2.73. The normalized spacial score (nSPS) is 28.0. The number of hydrogen-bond donors (Lipinski definition) is 1. The first-order valence-electron chi connectivity index (χ1n) is 6.74. The summed E-state index contributed by atoms with van der Waals surface area (Å²) in [4.78, 5) is 0. The average Bonchev–Trinajstić information content (AvgIpc) is 2.81. The maximum atomic E-state index is 5.68. The predicted octanol–water partition coefficient (Wildman–Crippen LogP) is 2.40. The second-order valence-corrected chi connectivity index (χ2v) is 5.63. The van der Waals surface area contributed by atoms with Gasteiger partial charge < -0.3 is 19.2 Å². The molecule has 1 aliphatic heterocycles. The van der Waals surface area contributed by atoms with Gasteiger partial charge in [-0.1, -0.05) is 0 Å². The van der Waals surface area contributed by atoms with Crippen molar-refractivity contribution in [3.63, 3.8) is 0 Å². The molecule has 0 amide bonds. The molecule has 18 heavy (non-hydrogen) atoms. The maximum Gasteiger partial charge on any atom is 0.162 e. The predicted molar refractivity (Wildman–Crippen MR) is 67.3 cm³/mol. The van der Waals surface area contributed by atoms with Crippen LogP contribution in [-0.2, 0) is 15.9 Å². The van der Waals surface area contributed by atoms with Crippen LogP contribution < -0.4 is 5.32 Å². The standard InChI is InChI=1S/C14H21NO3/c1-14(2)17-8-10(9-18-14)15-12-4-3-5-13-11(12)6-7-16-13/h6-7,10,12,15H,3-5,8-9H2,1-2H3. The van der Waals surface area contributed by atoms with Crippen molar-refractivity contribution in [1.29, 1.82) is 0 Å². The van der Waals surface area contributed by atoms with E-state index in [0.29, 0.717) is 19.3 Å². The smallest absolute Gasteiger partial charge is 0.162 e. The maximum absolute atomic E-state index is 5.68. The fraction of sp³-hybridized carbons (Fsp3) is 0.714. The molecule has 4 nitrogen and oxygen atoms in total. The second kappa shape index (κ2) is 4.68. The fourth-order valence-electron chi connectivity index (χ4n) is 2.73. The van der Waals surface area contributed by atoms with E-state index in [1.54, 1.807) is 6.26 Å². The van der Waals surface area contributed by atoms with Gasteiger partial charge in [0.15, 0.2) is 5.79 Å². The Morgan fingerprint density at radius 3 is 2.83 bits per heavy atom. The lowest BCUT2D eigenvalue weighted by Gasteiger charge is -2.37. The molecule has 0 aromatic carbocycles. The Labute approximate surface area is 108 Å². The first-order valence-corrected chi connectivity index (χ1v) is 6.74. The molecular weight excluding hydrogens is 230 g/mol. The zero-order chi connectivity index (χ0) is 12.6. The van der Waals surface area contributed by atoms with Gasteiger partial charge in [-0.2, -0.15) is 0 Å². The lowest BCUT2D eigenvalue weighted by molar-refractivity contribution is -0.253. The zero-order valence-electron chi connectivity index (χ0n) is 11.1. The summed E-state index contributed by atoms with van der Waals surface area (Å²) in [5.74, 6) is 0.697. The van der Waals surface area contributed by atoms with Gasteiger partial charge in [-0.15, -0.1) is 0 Å². The third-order valence-corrected chi connectivity index (χ3v) is 3.75. The van der Waals surface area contributed by atoms with Crippen molar-refractivity contribution in [2.75, 3.05) is 13.2 Å². The van der Waals surface area contributed by atoms with E-state index in [2.05, 4.69) is 11.4 Å². The van der Waals surface area contributed by atoms with Gasteiger partial charge in [-0.25, -0.2) is 0 Å². The van der Waals surface area contributed by atoms with E-state index in [1.165, 1.54) is 12.0 Å². The Bertz CT molecular complexity index is 403. The molecule has 1 aromatic heterocycles. The quantitative estimate of drug-likeness (QED) is 0.876. The van der Waals surface area contributed by atoms with Crippen LogP contribution in [-0.4, -0.2) is 25.0 Å². The summed E-state index contributed by atoms with van der Waals surface area (Å²) in [6.45, 7) is 5.32. The van der Waals surface area contributed by atoms with E-state index in [9.17, 15) is 0 Å². The van der Waals surface area contributed by atoms with Gasteiger partial charge in [0.05, 0.1) is 25.5 Å². The number of rotatable bonds is 2. The lowest BCUT2D eigenvalue weighted by Crippen LogP contribution is -2.49. The summed E-state index contributed by atoms with van der Waals surface area (Å²) in [6.07, 6.45) is 5.19. The average molecular weight is 251 g/mol. The highest BCUT2D eigenvalue weighted by molar-refractivity contribution is 5.24. The Hall–Kier alpha value is -0.840. The van der Waals surface area contributed by atoms with Crippen molar-refractivity contribution in [3.8, 4) is 0 Å². The third-order valence-electron chi connectivity index (χ3n) is 3.75. The van der Waals surface area contributed by atoms with Crippen molar-refractivity contribution < 1.29 is 13.9 Å². The van der Waals surface area contributed by atoms with Crippen molar-refractivity contribution in [2.24, 2.45) is 0 Å². The summed E-state index contributed by atoms with van der Waals surface area (Å²) in [6, 6.07) is 2.73. The molecular formula is C14H21NO3. The van der Waals surface area contributed by atoms with E-state index < -0.39 is 5.79 Å². The van der Waals surface area contributed by atoms with Gasteiger partial charge >= 0.3 is 0 Å². The summed E-state index contributed by atoms with van der Waals surface area (Å²) in [5, 5.41) is 3.63. The SMILES string of the molecule is CC1(C)OCC(NC2CCCc3occc32)CO1. The Kier molecular flexibility index (Phi) is 3.18. The molecule has 1 atom stereocenters. The van der Waals surface area contributed by atoms with E-state index in [4.69, 9.17) is 13.9 Å². The van der Waals surface area contributed by atoms with E-state index in [1.807, 2.05) is 13.8 Å². The van der Waals surface area contributed by atoms with Gasteiger partial charge in [0, 0.05) is 18.0 Å². The van der Waals surface area contributed by atoms with Crippen LogP contribution in [0.1, 0.15) is 44.1 Å². The van der Waals surface area contributed by atoms with Gasteiger partial charge in [0.2, 0.25) is 0 Å². The highest BCUT2D eigenvalue weighted by atomic mass is 16.7.